The zero-order chi connectivity index (χ0) is 24.2. The predicted molar refractivity (Wildman–Crippen MR) is 126 cm³/mol. The Labute approximate surface area is 198 Å². The lowest BCUT2D eigenvalue weighted by Crippen LogP contribution is -2.15. The Morgan fingerprint density at radius 3 is 2.56 bits per heavy atom. The van der Waals surface area contributed by atoms with Crippen molar-refractivity contribution in [3.05, 3.63) is 88.0 Å². The molecule has 0 aliphatic rings. The molecule has 1 amide bonds. The fraction of sp³-hybridized carbons (Fsp3) is 0.130. The monoisotopic (exact) mass is 478 g/mol. The van der Waals surface area contributed by atoms with Gasteiger partial charge in [0.2, 0.25) is 11.7 Å². The highest BCUT2D eigenvalue weighted by molar-refractivity contribution is 7.99. The number of aromatic nitrogens is 4. The van der Waals surface area contributed by atoms with Crippen LogP contribution in [-0.4, -0.2) is 36.3 Å². The van der Waals surface area contributed by atoms with Gasteiger partial charge in [0.15, 0.2) is 11.0 Å². The molecule has 0 saturated carbocycles. The Morgan fingerprint density at radius 1 is 1.09 bits per heavy atom. The number of hydrogen-bond acceptors (Lipinski definition) is 7. The van der Waals surface area contributed by atoms with E-state index in [-0.39, 0.29) is 11.4 Å². The first kappa shape index (κ1) is 23.1. The molecule has 172 valence electrons. The van der Waals surface area contributed by atoms with E-state index in [9.17, 15) is 19.3 Å². The van der Waals surface area contributed by atoms with Gasteiger partial charge >= 0.3 is 5.69 Å². The number of anilines is 1. The number of nitrogens with zero attached hydrogens (tertiary/aromatic N) is 5. The molecule has 0 unspecified atom stereocenters. The summed E-state index contributed by atoms with van der Waals surface area (Å²) in [7, 11) is 0. The molecular formula is C23H19FN6O3S. The minimum atomic E-state index is -0.970. The molecule has 0 atom stereocenters. The number of benzene rings is 2. The van der Waals surface area contributed by atoms with Crippen LogP contribution in [0.2, 0.25) is 0 Å². The van der Waals surface area contributed by atoms with E-state index in [2.05, 4.69) is 20.5 Å². The number of carbonyl (C=O) groups excluding carboxylic acids is 1. The summed E-state index contributed by atoms with van der Waals surface area (Å²) in [6.07, 6.45) is 3.33. The maximum Gasteiger partial charge on any atom is 0.306 e. The number of pyridine rings is 1. The Hall–Kier alpha value is -4.12. The number of hydrogen-bond donors (Lipinski definition) is 1. The van der Waals surface area contributed by atoms with Gasteiger partial charge in [0.25, 0.3) is 0 Å². The summed E-state index contributed by atoms with van der Waals surface area (Å²) in [6.45, 7) is 4.03. The molecule has 34 heavy (non-hydrogen) atoms. The molecule has 9 nitrogen and oxygen atoms in total. The van der Waals surface area contributed by atoms with Crippen LogP contribution in [0.4, 0.5) is 15.8 Å². The number of nitro groups is 1. The molecule has 1 N–H and O–H groups in total. The van der Waals surface area contributed by atoms with Gasteiger partial charge in [-0.15, -0.1) is 10.2 Å². The summed E-state index contributed by atoms with van der Waals surface area (Å²) >= 11 is 1.16. The average Bonchev–Trinajstić information content (AvgIpc) is 3.25. The summed E-state index contributed by atoms with van der Waals surface area (Å²) in [5, 5.41) is 22.6. The van der Waals surface area contributed by atoms with Crippen LogP contribution in [0, 0.1) is 29.8 Å². The predicted octanol–water partition coefficient (Wildman–Crippen LogP) is 4.72. The molecule has 0 aliphatic carbocycles. The molecule has 0 saturated heterocycles. The number of amides is 1. The van der Waals surface area contributed by atoms with Crippen LogP contribution >= 0.6 is 11.8 Å². The van der Waals surface area contributed by atoms with E-state index in [1.807, 2.05) is 48.7 Å². The van der Waals surface area contributed by atoms with E-state index in [0.29, 0.717) is 11.0 Å². The maximum atomic E-state index is 13.5. The van der Waals surface area contributed by atoms with Crippen molar-refractivity contribution in [3.63, 3.8) is 0 Å². The number of nitrogens with one attached hydrogen (secondary N) is 1. The van der Waals surface area contributed by atoms with Crippen LogP contribution in [0.1, 0.15) is 11.1 Å². The zero-order valence-corrected chi connectivity index (χ0v) is 19.0. The van der Waals surface area contributed by atoms with Gasteiger partial charge in [-0.1, -0.05) is 17.8 Å². The van der Waals surface area contributed by atoms with E-state index in [1.165, 1.54) is 6.07 Å². The van der Waals surface area contributed by atoms with Crippen molar-refractivity contribution < 1.29 is 14.1 Å². The molecule has 11 heteroatoms. The molecule has 2 aromatic heterocycles. The van der Waals surface area contributed by atoms with Crippen LogP contribution in [0.25, 0.3) is 17.1 Å². The van der Waals surface area contributed by atoms with Gasteiger partial charge in [-0.25, -0.2) is 0 Å². The van der Waals surface area contributed by atoms with Crippen molar-refractivity contribution in [2.24, 2.45) is 0 Å². The van der Waals surface area contributed by atoms with Gasteiger partial charge < -0.3 is 5.32 Å². The van der Waals surface area contributed by atoms with Gasteiger partial charge in [0.05, 0.1) is 16.4 Å². The van der Waals surface area contributed by atoms with Gasteiger partial charge in [-0.05, 0) is 61.4 Å². The van der Waals surface area contributed by atoms with Gasteiger partial charge in [0.1, 0.15) is 0 Å². The molecule has 2 heterocycles. The minimum absolute atomic E-state index is 0.0372. The maximum absolute atomic E-state index is 13.5. The Bertz CT molecular complexity index is 1380. The fourth-order valence-corrected chi connectivity index (χ4v) is 3.96. The number of halogens is 1. The standard InChI is InChI=1S/C23H19FN6O3S/c1-14-3-5-18(11-15(14)2)29-22(16-7-9-25-10-8-16)27-28-23(29)34-13-21(31)26-17-4-6-19(24)20(12-17)30(32)33/h3-12H,13H2,1-2H3,(H,26,31). The highest BCUT2D eigenvalue weighted by Crippen LogP contribution is 2.29. The molecule has 0 aliphatic heterocycles. The number of aryl methyl sites for hydroxylation is 2. The van der Waals surface area contributed by atoms with Crippen molar-refractivity contribution in [2.45, 2.75) is 19.0 Å². The lowest BCUT2D eigenvalue weighted by atomic mass is 10.1. The first-order valence-corrected chi connectivity index (χ1v) is 11.1. The van der Waals surface area contributed by atoms with Crippen molar-refractivity contribution in [3.8, 4) is 17.1 Å². The van der Waals surface area contributed by atoms with Gasteiger partial charge in [0, 0.05) is 29.7 Å². The SMILES string of the molecule is Cc1ccc(-n2c(SCC(=O)Nc3ccc(F)c([N+](=O)[O-])c3)nnc2-c2ccncc2)cc1C. The molecule has 0 radical (unpaired) electrons. The molecular weight excluding hydrogens is 459 g/mol. The smallest absolute Gasteiger partial charge is 0.306 e. The summed E-state index contributed by atoms with van der Waals surface area (Å²) in [6, 6.07) is 12.8. The minimum Gasteiger partial charge on any atom is -0.325 e. The van der Waals surface area contributed by atoms with E-state index in [4.69, 9.17) is 0 Å². The van der Waals surface area contributed by atoms with Gasteiger partial charge in [-0.3, -0.25) is 24.5 Å². The number of nitro benzene ring substituents is 1. The van der Waals surface area contributed by atoms with Crippen LogP contribution in [-0.2, 0) is 4.79 Å². The van der Waals surface area contributed by atoms with E-state index < -0.39 is 22.3 Å². The number of rotatable bonds is 7. The second-order valence-electron chi connectivity index (χ2n) is 7.41. The Balaban J connectivity index is 1.59. The normalized spacial score (nSPS) is 10.8. The number of thioether (sulfide) groups is 1. The van der Waals surface area contributed by atoms with Crippen LogP contribution in [0.15, 0.2) is 66.1 Å². The zero-order valence-electron chi connectivity index (χ0n) is 18.2. The Kier molecular flexibility index (Phi) is 6.64. The van der Waals surface area contributed by atoms with E-state index in [0.717, 1.165) is 46.3 Å². The van der Waals surface area contributed by atoms with Crippen LogP contribution in [0.5, 0.6) is 0 Å². The first-order chi connectivity index (χ1) is 16.3. The average molecular weight is 479 g/mol. The topological polar surface area (TPSA) is 116 Å². The van der Waals surface area contributed by atoms with Crippen LogP contribution in [0.3, 0.4) is 0 Å². The molecule has 0 bridgehead atoms. The van der Waals surface area contributed by atoms with Crippen molar-refractivity contribution in [1.82, 2.24) is 19.7 Å². The van der Waals surface area contributed by atoms with Crippen LogP contribution < -0.4 is 5.32 Å². The second kappa shape index (κ2) is 9.79. The molecule has 2 aromatic carbocycles. The molecule has 4 rings (SSSR count). The highest BCUT2D eigenvalue weighted by Gasteiger charge is 2.19. The molecule has 0 spiro atoms. The first-order valence-electron chi connectivity index (χ1n) is 10.1. The third-order valence-electron chi connectivity index (χ3n) is 5.08. The summed E-state index contributed by atoms with van der Waals surface area (Å²) < 4.78 is 15.4. The van der Waals surface area contributed by atoms with E-state index in [1.54, 1.807) is 12.4 Å². The lowest BCUT2D eigenvalue weighted by Gasteiger charge is -2.12. The summed E-state index contributed by atoms with van der Waals surface area (Å²) in [4.78, 5) is 26.7. The number of carbonyl (C=O) groups is 1. The summed E-state index contributed by atoms with van der Waals surface area (Å²) in [5.41, 5.74) is 3.32. The third-order valence-corrected chi connectivity index (χ3v) is 6.01. The van der Waals surface area contributed by atoms with Crippen molar-refractivity contribution in [1.29, 1.82) is 0 Å². The second-order valence-corrected chi connectivity index (χ2v) is 8.35. The Morgan fingerprint density at radius 2 is 1.85 bits per heavy atom. The molecule has 4 aromatic rings. The molecule has 0 fully saturated rings. The summed E-state index contributed by atoms with van der Waals surface area (Å²) in [5.74, 6) is -0.832. The lowest BCUT2D eigenvalue weighted by molar-refractivity contribution is -0.387. The van der Waals surface area contributed by atoms with Crippen molar-refractivity contribution >= 4 is 29.0 Å². The highest BCUT2D eigenvalue weighted by atomic mass is 32.2. The third kappa shape index (κ3) is 4.94. The van der Waals surface area contributed by atoms with Crippen molar-refractivity contribution in [2.75, 3.05) is 11.1 Å². The largest absolute Gasteiger partial charge is 0.325 e. The quantitative estimate of drug-likeness (QED) is 0.232. The van der Waals surface area contributed by atoms with E-state index >= 15 is 0 Å². The fourth-order valence-electron chi connectivity index (χ4n) is 3.21. The van der Waals surface area contributed by atoms with Gasteiger partial charge in [-0.2, -0.15) is 4.39 Å².